The third kappa shape index (κ3) is 3.22. The number of carbonyl (C=O) groups excluding carboxylic acids is 1. The largest absolute Gasteiger partial charge is 0.454 e. The molecule has 0 unspecified atom stereocenters. The molecule has 0 aliphatic carbocycles. The number of hydrogen-bond donors (Lipinski definition) is 0. The topological polar surface area (TPSA) is 85.3 Å². The maximum absolute atomic E-state index is 12.0. The number of hydrogen-bond acceptors (Lipinski definition) is 6. The second-order valence-corrected chi connectivity index (χ2v) is 9.62. The lowest BCUT2D eigenvalue weighted by molar-refractivity contribution is -0.117. The fourth-order valence-electron chi connectivity index (χ4n) is 3.24. The summed E-state index contributed by atoms with van der Waals surface area (Å²) < 4.78 is 34.7. The van der Waals surface area contributed by atoms with Crippen LogP contribution in [0.1, 0.15) is 18.9 Å². The first-order chi connectivity index (χ1) is 11.9. The Hall–Kier alpha value is -1.74. The lowest BCUT2D eigenvalue weighted by Gasteiger charge is -2.24. The molecule has 0 aromatic heterocycles. The molecule has 2 atom stereocenters. The molecule has 0 radical (unpaired) electrons. The summed E-state index contributed by atoms with van der Waals surface area (Å²) in [6.45, 7) is 2.45. The predicted octanol–water partition coefficient (Wildman–Crippen LogP) is 1.42. The van der Waals surface area contributed by atoms with Crippen molar-refractivity contribution in [2.75, 3.05) is 18.3 Å². The Bertz CT molecular complexity index is 852. The Morgan fingerprint density at radius 3 is 2.92 bits per heavy atom. The van der Waals surface area contributed by atoms with Crippen molar-refractivity contribution in [3.05, 3.63) is 23.8 Å². The molecule has 1 aromatic carbocycles. The van der Waals surface area contributed by atoms with Crippen molar-refractivity contribution in [3.63, 3.8) is 0 Å². The number of amides is 1. The van der Waals surface area contributed by atoms with Crippen LogP contribution in [0.25, 0.3) is 0 Å². The quantitative estimate of drug-likeness (QED) is 0.781. The minimum atomic E-state index is -3.04. The molecule has 2 fully saturated rings. The van der Waals surface area contributed by atoms with E-state index in [1.54, 1.807) is 6.92 Å². The normalized spacial score (nSPS) is 27.7. The third-order valence-electron chi connectivity index (χ3n) is 4.49. The van der Waals surface area contributed by atoms with Crippen molar-refractivity contribution in [1.82, 2.24) is 4.90 Å². The van der Waals surface area contributed by atoms with Gasteiger partial charge in [-0.25, -0.2) is 8.42 Å². The van der Waals surface area contributed by atoms with Crippen molar-refractivity contribution in [1.29, 1.82) is 0 Å². The molecular formula is C16H18N2O5S2. The summed E-state index contributed by atoms with van der Waals surface area (Å²) in [6, 6.07) is 5.51. The molecule has 0 N–H and O–H groups in total. The number of ether oxygens (including phenoxy) is 2. The Morgan fingerprint density at radius 2 is 2.12 bits per heavy atom. The van der Waals surface area contributed by atoms with Crippen LogP contribution < -0.4 is 9.47 Å². The SMILES string of the molecule is CCC(=O)N=C1S[C@H]2CS(=O)(=O)C[C@H]2N1Cc1ccc2c(c1)OCO2. The summed E-state index contributed by atoms with van der Waals surface area (Å²) in [5.74, 6) is 1.44. The minimum absolute atomic E-state index is 0.0672. The highest BCUT2D eigenvalue weighted by molar-refractivity contribution is 8.15. The zero-order chi connectivity index (χ0) is 17.6. The molecule has 0 spiro atoms. The monoisotopic (exact) mass is 382 g/mol. The van der Waals surface area contributed by atoms with Gasteiger partial charge < -0.3 is 14.4 Å². The number of benzene rings is 1. The minimum Gasteiger partial charge on any atom is -0.454 e. The maximum Gasteiger partial charge on any atom is 0.247 e. The van der Waals surface area contributed by atoms with Gasteiger partial charge in [0.2, 0.25) is 12.7 Å². The van der Waals surface area contributed by atoms with Crippen molar-refractivity contribution >= 4 is 32.7 Å². The number of fused-ring (bicyclic) bond motifs is 2. The van der Waals surface area contributed by atoms with E-state index in [1.165, 1.54) is 11.8 Å². The third-order valence-corrected chi connectivity index (χ3v) is 7.74. The van der Waals surface area contributed by atoms with Gasteiger partial charge in [0.15, 0.2) is 26.5 Å². The van der Waals surface area contributed by atoms with Crippen LogP contribution in [-0.2, 0) is 21.2 Å². The number of rotatable bonds is 3. The lowest BCUT2D eigenvalue weighted by Crippen LogP contribution is -2.37. The van der Waals surface area contributed by atoms with Gasteiger partial charge in [0, 0.05) is 18.2 Å². The fraction of sp³-hybridized carbons (Fsp3) is 0.500. The molecule has 2 saturated heterocycles. The van der Waals surface area contributed by atoms with Crippen molar-refractivity contribution in [2.24, 2.45) is 4.99 Å². The molecule has 25 heavy (non-hydrogen) atoms. The summed E-state index contributed by atoms with van der Waals surface area (Å²) in [5.41, 5.74) is 0.964. The van der Waals surface area contributed by atoms with E-state index in [0.29, 0.717) is 29.6 Å². The van der Waals surface area contributed by atoms with Gasteiger partial charge in [0.25, 0.3) is 0 Å². The number of nitrogens with zero attached hydrogens (tertiary/aromatic N) is 2. The molecule has 7 nitrogen and oxygen atoms in total. The zero-order valence-corrected chi connectivity index (χ0v) is 15.3. The first kappa shape index (κ1) is 16.7. The molecule has 1 amide bonds. The van der Waals surface area contributed by atoms with Gasteiger partial charge in [-0.3, -0.25) is 4.79 Å². The summed E-state index contributed by atoms with van der Waals surface area (Å²) in [4.78, 5) is 17.9. The first-order valence-electron chi connectivity index (χ1n) is 8.09. The molecule has 1 aromatic rings. The Kier molecular flexibility index (Phi) is 4.15. The van der Waals surface area contributed by atoms with Gasteiger partial charge in [-0.1, -0.05) is 24.8 Å². The highest BCUT2D eigenvalue weighted by atomic mass is 32.2. The van der Waals surface area contributed by atoms with Crippen molar-refractivity contribution in [2.45, 2.75) is 31.2 Å². The molecule has 3 heterocycles. The van der Waals surface area contributed by atoms with E-state index in [9.17, 15) is 13.2 Å². The van der Waals surface area contributed by atoms with Crippen LogP contribution in [0.4, 0.5) is 0 Å². The van der Waals surface area contributed by atoms with Crippen LogP contribution >= 0.6 is 11.8 Å². The Labute approximate surface area is 150 Å². The highest BCUT2D eigenvalue weighted by Crippen LogP contribution is 2.40. The lowest BCUT2D eigenvalue weighted by atomic mass is 10.1. The van der Waals surface area contributed by atoms with Gasteiger partial charge in [-0.2, -0.15) is 4.99 Å². The van der Waals surface area contributed by atoms with E-state index in [4.69, 9.17) is 9.47 Å². The molecule has 3 aliphatic heterocycles. The van der Waals surface area contributed by atoms with E-state index in [0.717, 1.165) is 5.56 Å². The van der Waals surface area contributed by atoms with E-state index in [-0.39, 0.29) is 35.5 Å². The smallest absolute Gasteiger partial charge is 0.247 e. The molecular weight excluding hydrogens is 364 g/mol. The fourth-order valence-corrected chi connectivity index (χ4v) is 7.21. The number of amidine groups is 1. The van der Waals surface area contributed by atoms with E-state index in [1.807, 2.05) is 23.1 Å². The van der Waals surface area contributed by atoms with Gasteiger partial charge in [0.1, 0.15) is 0 Å². The van der Waals surface area contributed by atoms with Crippen LogP contribution in [0.2, 0.25) is 0 Å². The van der Waals surface area contributed by atoms with Crippen molar-refractivity contribution < 1.29 is 22.7 Å². The molecule has 134 valence electrons. The summed E-state index contributed by atoms with van der Waals surface area (Å²) >= 11 is 1.40. The van der Waals surface area contributed by atoms with Gasteiger partial charge >= 0.3 is 0 Å². The van der Waals surface area contributed by atoms with Gasteiger partial charge in [0.05, 0.1) is 17.5 Å². The second-order valence-electron chi connectivity index (χ2n) is 6.26. The highest BCUT2D eigenvalue weighted by Gasteiger charge is 2.48. The maximum atomic E-state index is 12.0. The number of sulfone groups is 1. The molecule has 9 heteroatoms. The number of aliphatic imine (C=N–C) groups is 1. The first-order valence-corrected chi connectivity index (χ1v) is 10.8. The number of thioether (sulfide) groups is 1. The molecule has 0 bridgehead atoms. The average Bonchev–Trinajstić information content (AvgIpc) is 3.21. The Morgan fingerprint density at radius 1 is 1.32 bits per heavy atom. The number of carbonyl (C=O) groups is 1. The average molecular weight is 382 g/mol. The van der Waals surface area contributed by atoms with Gasteiger partial charge in [-0.15, -0.1) is 0 Å². The van der Waals surface area contributed by atoms with Crippen molar-refractivity contribution in [3.8, 4) is 11.5 Å². The molecule has 4 rings (SSSR count). The van der Waals surface area contributed by atoms with Crippen LogP contribution in [0, 0.1) is 0 Å². The van der Waals surface area contributed by atoms with Crippen LogP contribution in [-0.4, -0.2) is 54.0 Å². The predicted molar refractivity (Wildman–Crippen MR) is 94.7 cm³/mol. The molecule has 0 saturated carbocycles. The summed E-state index contributed by atoms with van der Waals surface area (Å²) in [5, 5.41) is 0.553. The van der Waals surface area contributed by atoms with Crippen LogP contribution in [0.3, 0.4) is 0 Å². The van der Waals surface area contributed by atoms with Crippen LogP contribution in [0.5, 0.6) is 11.5 Å². The van der Waals surface area contributed by atoms with E-state index in [2.05, 4.69) is 4.99 Å². The van der Waals surface area contributed by atoms with E-state index < -0.39 is 9.84 Å². The van der Waals surface area contributed by atoms with E-state index >= 15 is 0 Å². The second kappa shape index (κ2) is 6.21. The van der Waals surface area contributed by atoms with Gasteiger partial charge in [-0.05, 0) is 17.7 Å². The standard InChI is InChI=1S/C16H18N2O5S2/c1-2-15(19)17-16-18(11-7-25(20,21)8-14(11)24-16)6-10-3-4-12-13(5-10)23-9-22-12/h3-5,11,14H,2,6-9H2,1H3/t11-,14+/m1/s1. The summed E-state index contributed by atoms with van der Waals surface area (Å²) in [7, 11) is -3.04. The molecule has 3 aliphatic rings. The zero-order valence-electron chi connectivity index (χ0n) is 13.7. The van der Waals surface area contributed by atoms with Crippen LogP contribution in [0.15, 0.2) is 23.2 Å². The summed E-state index contributed by atoms with van der Waals surface area (Å²) in [6.07, 6.45) is 0.329. The Balaban J connectivity index is 1.63.